The topological polar surface area (TPSA) is 105 Å². The van der Waals surface area contributed by atoms with Gasteiger partial charge in [-0.3, -0.25) is 9.59 Å². The van der Waals surface area contributed by atoms with E-state index in [1.165, 1.54) is 0 Å². The Hall–Kier alpha value is -3.49. The van der Waals surface area contributed by atoms with Crippen molar-refractivity contribution in [2.24, 2.45) is 5.92 Å². The van der Waals surface area contributed by atoms with E-state index in [2.05, 4.69) is 10.6 Å². The maximum Gasteiger partial charge on any atom is 0.407 e. The standard InChI is InChI=1S/C26H28F2N2O5/c27-24(28)22(13-23(31)29-16-7-5-6-15(12-16)25(32)33)30-26(34)35-14-21-19-10-3-1-8-17(19)18-9-2-4-11-20(18)21/h1-4,8-11,15-16,21-22,24H,5-7,12-14H2,(H,29,31)(H,30,34)(H,32,33)/t15-,16+,22?/m1/s1. The fourth-order valence-corrected chi connectivity index (χ4v) is 5.03. The summed E-state index contributed by atoms with van der Waals surface area (Å²) in [5, 5.41) is 13.9. The lowest BCUT2D eigenvalue weighted by Gasteiger charge is -2.28. The number of ether oxygens (including phenoxy) is 1. The van der Waals surface area contributed by atoms with Crippen LogP contribution in [0.15, 0.2) is 48.5 Å². The average Bonchev–Trinajstić information content (AvgIpc) is 3.16. The van der Waals surface area contributed by atoms with Gasteiger partial charge in [0, 0.05) is 12.0 Å². The Labute approximate surface area is 201 Å². The number of hydrogen-bond acceptors (Lipinski definition) is 4. The highest BCUT2D eigenvalue weighted by Crippen LogP contribution is 2.44. The molecule has 3 atom stereocenters. The molecule has 9 heteroatoms. The molecular formula is C26H28F2N2O5. The maximum absolute atomic E-state index is 13.6. The number of benzene rings is 2. The van der Waals surface area contributed by atoms with Gasteiger partial charge in [0.15, 0.2) is 0 Å². The third-order valence-corrected chi connectivity index (χ3v) is 6.74. The largest absolute Gasteiger partial charge is 0.481 e. The highest BCUT2D eigenvalue weighted by Gasteiger charge is 2.32. The number of aliphatic carboxylic acids is 1. The number of hydrogen-bond donors (Lipinski definition) is 3. The van der Waals surface area contributed by atoms with E-state index in [0.29, 0.717) is 19.3 Å². The van der Waals surface area contributed by atoms with Crippen molar-refractivity contribution in [3.8, 4) is 11.1 Å². The summed E-state index contributed by atoms with van der Waals surface area (Å²) >= 11 is 0. The van der Waals surface area contributed by atoms with Crippen molar-refractivity contribution >= 4 is 18.0 Å². The minimum absolute atomic E-state index is 0.0271. The SMILES string of the molecule is O=C(CC(NC(=O)OCC1c2ccccc2-c2ccccc21)C(F)F)N[C@H]1CCC[C@@H](C(=O)O)C1. The number of halogens is 2. The van der Waals surface area contributed by atoms with Crippen LogP contribution in [0.3, 0.4) is 0 Å². The van der Waals surface area contributed by atoms with Gasteiger partial charge in [-0.2, -0.15) is 0 Å². The van der Waals surface area contributed by atoms with Crippen LogP contribution < -0.4 is 10.6 Å². The Morgan fingerprint density at radius 3 is 2.23 bits per heavy atom. The van der Waals surface area contributed by atoms with E-state index in [-0.39, 0.29) is 25.0 Å². The number of alkyl halides is 2. The molecule has 3 N–H and O–H groups in total. The lowest BCUT2D eigenvalue weighted by Crippen LogP contribution is -2.46. The molecule has 0 spiro atoms. The first-order chi connectivity index (χ1) is 16.8. The Kier molecular flexibility index (Phi) is 7.63. The molecule has 2 aliphatic carbocycles. The number of nitrogens with one attached hydrogen (secondary N) is 2. The quantitative estimate of drug-likeness (QED) is 0.516. The summed E-state index contributed by atoms with van der Waals surface area (Å²) in [7, 11) is 0. The van der Waals surface area contributed by atoms with Crippen LogP contribution in [0.25, 0.3) is 11.1 Å². The van der Waals surface area contributed by atoms with Crippen molar-refractivity contribution in [3.63, 3.8) is 0 Å². The molecule has 0 aliphatic heterocycles. The van der Waals surface area contributed by atoms with Gasteiger partial charge in [-0.05, 0) is 41.5 Å². The minimum atomic E-state index is -2.97. The zero-order chi connectivity index (χ0) is 24.9. The average molecular weight is 487 g/mol. The molecule has 1 saturated carbocycles. The lowest BCUT2D eigenvalue weighted by atomic mass is 9.85. The van der Waals surface area contributed by atoms with Crippen LogP contribution in [0.1, 0.15) is 49.1 Å². The monoisotopic (exact) mass is 486 g/mol. The first kappa shape index (κ1) is 24.6. The molecular weight excluding hydrogens is 458 g/mol. The minimum Gasteiger partial charge on any atom is -0.481 e. The smallest absolute Gasteiger partial charge is 0.407 e. The summed E-state index contributed by atoms with van der Waals surface area (Å²) < 4.78 is 32.5. The van der Waals surface area contributed by atoms with Gasteiger partial charge >= 0.3 is 12.1 Å². The summed E-state index contributed by atoms with van der Waals surface area (Å²) in [6.07, 6.45) is -2.60. The predicted molar refractivity (Wildman–Crippen MR) is 124 cm³/mol. The van der Waals surface area contributed by atoms with Crippen LogP contribution in [0.2, 0.25) is 0 Å². The summed E-state index contributed by atoms with van der Waals surface area (Å²) in [5.41, 5.74) is 4.09. The van der Waals surface area contributed by atoms with Crippen LogP contribution in [-0.4, -0.2) is 48.2 Å². The van der Waals surface area contributed by atoms with Crippen molar-refractivity contribution in [1.29, 1.82) is 0 Å². The lowest BCUT2D eigenvalue weighted by molar-refractivity contribution is -0.143. The number of rotatable bonds is 8. The summed E-state index contributed by atoms with van der Waals surface area (Å²) in [5.74, 6) is -2.36. The van der Waals surface area contributed by atoms with Gasteiger partial charge in [0.1, 0.15) is 12.6 Å². The second-order valence-corrected chi connectivity index (χ2v) is 9.08. The predicted octanol–water partition coefficient (Wildman–Crippen LogP) is 4.31. The van der Waals surface area contributed by atoms with E-state index < -0.39 is 42.8 Å². The Bertz CT molecular complexity index is 1050. The van der Waals surface area contributed by atoms with Gasteiger partial charge in [0.05, 0.1) is 12.3 Å². The Morgan fingerprint density at radius 2 is 1.63 bits per heavy atom. The highest BCUT2D eigenvalue weighted by molar-refractivity contribution is 5.80. The van der Waals surface area contributed by atoms with Gasteiger partial charge in [0.2, 0.25) is 5.91 Å². The van der Waals surface area contributed by atoms with Gasteiger partial charge in [-0.1, -0.05) is 55.0 Å². The molecule has 35 heavy (non-hydrogen) atoms. The first-order valence-electron chi connectivity index (χ1n) is 11.7. The van der Waals surface area contributed by atoms with Crippen LogP contribution in [0.4, 0.5) is 13.6 Å². The maximum atomic E-state index is 13.6. The van der Waals surface area contributed by atoms with Crippen molar-refractivity contribution < 1.29 is 33.0 Å². The van der Waals surface area contributed by atoms with E-state index in [1.807, 2.05) is 48.5 Å². The number of alkyl carbamates (subject to hydrolysis) is 1. The number of fused-ring (bicyclic) bond motifs is 3. The Balaban J connectivity index is 1.32. The second-order valence-electron chi connectivity index (χ2n) is 9.08. The molecule has 186 valence electrons. The molecule has 0 heterocycles. The zero-order valence-electron chi connectivity index (χ0n) is 19.1. The van der Waals surface area contributed by atoms with E-state index in [4.69, 9.17) is 4.74 Å². The van der Waals surface area contributed by atoms with Crippen molar-refractivity contribution in [3.05, 3.63) is 59.7 Å². The summed E-state index contributed by atoms with van der Waals surface area (Å²) in [4.78, 5) is 35.9. The molecule has 2 aromatic rings. The van der Waals surface area contributed by atoms with Crippen molar-refractivity contribution in [2.45, 2.75) is 56.5 Å². The third-order valence-electron chi connectivity index (χ3n) is 6.74. The van der Waals surface area contributed by atoms with Crippen LogP contribution in [0, 0.1) is 5.92 Å². The summed E-state index contributed by atoms with van der Waals surface area (Å²) in [6, 6.07) is 13.4. The van der Waals surface area contributed by atoms with E-state index in [0.717, 1.165) is 22.3 Å². The van der Waals surface area contributed by atoms with Crippen LogP contribution in [0.5, 0.6) is 0 Å². The van der Waals surface area contributed by atoms with Gasteiger partial charge < -0.3 is 20.5 Å². The van der Waals surface area contributed by atoms with E-state index in [9.17, 15) is 28.3 Å². The first-order valence-corrected chi connectivity index (χ1v) is 11.7. The number of carboxylic acid groups (broad SMARTS) is 1. The number of amides is 2. The molecule has 1 unspecified atom stereocenters. The van der Waals surface area contributed by atoms with E-state index in [1.54, 1.807) is 0 Å². The van der Waals surface area contributed by atoms with E-state index >= 15 is 0 Å². The molecule has 2 aromatic carbocycles. The van der Waals surface area contributed by atoms with Gasteiger partial charge in [0.25, 0.3) is 6.43 Å². The van der Waals surface area contributed by atoms with Crippen molar-refractivity contribution in [1.82, 2.24) is 10.6 Å². The van der Waals surface area contributed by atoms with Gasteiger partial charge in [-0.15, -0.1) is 0 Å². The number of carbonyl (C=O) groups is 3. The van der Waals surface area contributed by atoms with Crippen LogP contribution in [-0.2, 0) is 14.3 Å². The molecule has 0 bridgehead atoms. The highest BCUT2D eigenvalue weighted by atomic mass is 19.3. The second kappa shape index (κ2) is 10.8. The number of carbonyl (C=O) groups excluding carboxylic acids is 2. The fourth-order valence-electron chi connectivity index (χ4n) is 5.03. The normalized spacial score (nSPS) is 20.0. The third kappa shape index (κ3) is 5.78. The Morgan fingerprint density at radius 1 is 1.00 bits per heavy atom. The van der Waals surface area contributed by atoms with Gasteiger partial charge in [-0.25, -0.2) is 13.6 Å². The molecule has 0 radical (unpaired) electrons. The summed E-state index contributed by atoms with van der Waals surface area (Å²) in [6.45, 7) is -0.0271. The van der Waals surface area contributed by atoms with Crippen molar-refractivity contribution in [2.75, 3.05) is 6.61 Å². The molecule has 1 fully saturated rings. The molecule has 2 aliphatic rings. The number of carboxylic acids is 1. The molecule has 2 amide bonds. The fraction of sp³-hybridized carbons (Fsp3) is 0.423. The molecule has 4 rings (SSSR count). The van der Waals surface area contributed by atoms with Crippen LogP contribution >= 0.6 is 0 Å². The molecule has 7 nitrogen and oxygen atoms in total. The molecule has 0 saturated heterocycles. The molecule has 0 aromatic heterocycles. The zero-order valence-corrected chi connectivity index (χ0v) is 19.1.